The first-order valence-electron chi connectivity index (χ1n) is 6.35. The molecule has 0 aliphatic carbocycles. The zero-order valence-electron chi connectivity index (χ0n) is 10.3. The Labute approximate surface area is 102 Å². The summed E-state index contributed by atoms with van der Waals surface area (Å²) in [6.45, 7) is 5.25. The lowest BCUT2D eigenvalue weighted by molar-refractivity contribution is 0.273. The normalized spacial score (nSPS) is 22.4. The van der Waals surface area contributed by atoms with Crippen molar-refractivity contribution in [3.05, 3.63) is 29.6 Å². The molecule has 1 saturated heterocycles. The van der Waals surface area contributed by atoms with E-state index in [-0.39, 0.29) is 5.75 Å². The fraction of sp³-hybridized carbons (Fsp3) is 0.571. The molecule has 3 heteroatoms. The van der Waals surface area contributed by atoms with Gasteiger partial charge in [0, 0.05) is 6.54 Å². The molecule has 1 N–H and O–H groups in total. The lowest BCUT2D eigenvalue weighted by Gasteiger charge is -2.20. The van der Waals surface area contributed by atoms with Crippen LogP contribution >= 0.6 is 0 Å². The van der Waals surface area contributed by atoms with E-state index in [2.05, 4.69) is 11.8 Å². The zero-order chi connectivity index (χ0) is 12.3. The van der Waals surface area contributed by atoms with Gasteiger partial charge in [0.1, 0.15) is 0 Å². The molecular formula is C14H20FNO. The van der Waals surface area contributed by atoms with Crippen LogP contribution in [-0.2, 0) is 6.54 Å². The second-order valence-corrected chi connectivity index (χ2v) is 5.10. The first kappa shape index (κ1) is 12.4. The van der Waals surface area contributed by atoms with Crippen molar-refractivity contribution in [3.63, 3.8) is 0 Å². The van der Waals surface area contributed by atoms with Gasteiger partial charge in [0.25, 0.3) is 0 Å². The molecule has 0 aromatic heterocycles. The molecule has 1 fully saturated rings. The number of halogens is 1. The monoisotopic (exact) mass is 237 g/mol. The van der Waals surface area contributed by atoms with Crippen LogP contribution in [0.2, 0.25) is 0 Å². The van der Waals surface area contributed by atoms with Crippen molar-refractivity contribution in [2.75, 3.05) is 13.1 Å². The van der Waals surface area contributed by atoms with Crippen LogP contribution in [0.3, 0.4) is 0 Å². The van der Waals surface area contributed by atoms with Crippen LogP contribution in [0.25, 0.3) is 0 Å². The van der Waals surface area contributed by atoms with E-state index >= 15 is 0 Å². The summed E-state index contributed by atoms with van der Waals surface area (Å²) in [6, 6.07) is 4.67. The molecular weight excluding hydrogens is 217 g/mol. The van der Waals surface area contributed by atoms with Crippen LogP contribution in [0.5, 0.6) is 5.75 Å². The molecule has 0 spiro atoms. The smallest absolute Gasteiger partial charge is 0.165 e. The first-order valence-corrected chi connectivity index (χ1v) is 6.35. The Bertz CT molecular complexity index is 380. The molecule has 2 nitrogen and oxygen atoms in total. The van der Waals surface area contributed by atoms with E-state index in [1.54, 1.807) is 6.07 Å². The average molecular weight is 237 g/mol. The Hall–Kier alpha value is -1.09. The predicted molar refractivity (Wildman–Crippen MR) is 66.4 cm³/mol. The summed E-state index contributed by atoms with van der Waals surface area (Å²) in [7, 11) is 0. The Morgan fingerprint density at radius 1 is 1.35 bits per heavy atom. The van der Waals surface area contributed by atoms with Gasteiger partial charge in [-0.2, -0.15) is 0 Å². The first-order chi connectivity index (χ1) is 8.15. The van der Waals surface area contributed by atoms with E-state index in [0.717, 1.165) is 31.1 Å². The number of hydrogen-bond acceptors (Lipinski definition) is 2. The van der Waals surface area contributed by atoms with Crippen LogP contribution < -0.4 is 0 Å². The van der Waals surface area contributed by atoms with Gasteiger partial charge in [-0.05, 0) is 56.0 Å². The van der Waals surface area contributed by atoms with Gasteiger partial charge >= 0.3 is 0 Å². The van der Waals surface area contributed by atoms with Crippen LogP contribution in [0.4, 0.5) is 4.39 Å². The maximum absolute atomic E-state index is 13.2. The summed E-state index contributed by atoms with van der Waals surface area (Å²) in [5.41, 5.74) is 0.940. The van der Waals surface area contributed by atoms with Gasteiger partial charge in [-0.15, -0.1) is 0 Å². The molecule has 1 unspecified atom stereocenters. The number of rotatable bonds is 2. The van der Waals surface area contributed by atoms with E-state index in [0.29, 0.717) is 0 Å². The highest BCUT2D eigenvalue weighted by molar-refractivity contribution is 5.27. The molecule has 0 radical (unpaired) electrons. The molecule has 1 aliphatic rings. The van der Waals surface area contributed by atoms with Crippen molar-refractivity contribution in [2.24, 2.45) is 5.92 Å². The number of phenols is 1. The third-order valence-electron chi connectivity index (χ3n) is 3.53. The summed E-state index contributed by atoms with van der Waals surface area (Å²) in [5, 5.41) is 9.14. The largest absolute Gasteiger partial charge is 0.505 e. The zero-order valence-corrected chi connectivity index (χ0v) is 10.3. The van der Waals surface area contributed by atoms with Gasteiger partial charge in [-0.1, -0.05) is 13.0 Å². The van der Waals surface area contributed by atoms with Crippen LogP contribution in [0.15, 0.2) is 18.2 Å². The van der Waals surface area contributed by atoms with Gasteiger partial charge in [0.05, 0.1) is 0 Å². The molecule has 1 aromatic carbocycles. The number of likely N-dealkylation sites (tertiary alicyclic amines) is 1. The summed E-state index contributed by atoms with van der Waals surface area (Å²) < 4.78 is 13.2. The molecule has 1 atom stereocenters. The number of nitrogens with zero attached hydrogens (tertiary/aromatic N) is 1. The maximum atomic E-state index is 13.2. The molecule has 1 aliphatic heterocycles. The van der Waals surface area contributed by atoms with Crippen LogP contribution in [0, 0.1) is 11.7 Å². The Morgan fingerprint density at radius 2 is 2.18 bits per heavy atom. The van der Waals surface area contributed by atoms with E-state index < -0.39 is 5.82 Å². The molecule has 0 saturated carbocycles. The minimum atomic E-state index is -0.523. The quantitative estimate of drug-likeness (QED) is 0.854. The highest BCUT2D eigenvalue weighted by Crippen LogP contribution is 2.20. The number of hydrogen-bond donors (Lipinski definition) is 1. The van der Waals surface area contributed by atoms with Crippen molar-refractivity contribution in [1.82, 2.24) is 4.90 Å². The molecule has 2 rings (SSSR count). The van der Waals surface area contributed by atoms with Gasteiger partial charge in [-0.3, -0.25) is 4.90 Å². The summed E-state index contributed by atoms with van der Waals surface area (Å²) in [6.07, 6.45) is 3.74. The van der Waals surface area contributed by atoms with E-state index in [9.17, 15) is 4.39 Å². The van der Waals surface area contributed by atoms with Crippen molar-refractivity contribution in [1.29, 1.82) is 0 Å². The standard InChI is InChI=1S/C14H20FNO/c1-11-3-2-7-16(8-6-11)10-12-4-5-14(17)13(15)9-12/h4-5,9,11,17H,2-3,6-8,10H2,1H3. The molecule has 1 aromatic rings. The Balaban J connectivity index is 1.97. The molecule has 0 bridgehead atoms. The number of phenolic OH excluding ortho intramolecular Hbond substituents is 1. The van der Waals surface area contributed by atoms with Crippen LogP contribution in [0.1, 0.15) is 31.7 Å². The van der Waals surface area contributed by atoms with Crippen molar-refractivity contribution in [3.8, 4) is 5.75 Å². The predicted octanol–water partition coefficient (Wildman–Crippen LogP) is 3.15. The number of benzene rings is 1. The fourth-order valence-electron chi connectivity index (χ4n) is 2.39. The lowest BCUT2D eigenvalue weighted by Crippen LogP contribution is -2.24. The molecule has 1 heterocycles. The summed E-state index contributed by atoms with van der Waals surface area (Å²) >= 11 is 0. The average Bonchev–Trinajstić information content (AvgIpc) is 2.49. The van der Waals surface area contributed by atoms with Crippen LogP contribution in [-0.4, -0.2) is 23.1 Å². The highest BCUT2D eigenvalue weighted by Gasteiger charge is 2.14. The third kappa shape index (κ3) is 3.43. The summed E-state index contributed by atoms with van der Waals surface area (Å²) in [5.74, 6) is 0.0143. The second kappa shape index (κ2) is 5.50. The minimum Gasteiger partial charge on any atom is -0.505 e. The highest BCUT2D eigenvalue weighted by atomic mass is 19.1. The van der Waals surface area contributed by atoms with Crippen molar-refractivity contribution in [2.45, 2.75) is 32.7 Å². The van der Waals surface area contributed by atoms with E-state index in [1.165, 1.54) is 31.4 Å². The Kier molecular flexibility index (Phi) is 4.00. The summed E-state index contributed by atoms with van der Waals surface area (Å²) in [4.78, 5) is 2.37. The van der Waals surface area contributed by atoms with Gasteiger partial charge in [0.2, 0.25) is 0 Å². The van der Waals surface area contributed by atoms with Gasteiger partial charge in [0.15, 0.2) is 11.6 Å². The molecule has 17 heavy (non-hydrogen) atoms. The third-order valence-corrected chi connectivity index (χ3v) is 3.53. The van der Waals surface area contributed by atoms with Crippen molar-refractivity contribution < 1.29 is 9.50 Å². The molecule has 94 valence electrons. The Morgan fingerprint density at radius 3 is 2.94 bits per heavy atom. The van der Waals surface area contributed by atoms with Crippen molar-refractivity contribution >= 4 is 0 Å². The minimum absolute atomic E-state index is 0.266. The fourth-order valence-corrected chi connectivity index (χ4v) is 2.39. The topological polar surface area (TPSA) is 23.5 Å². The lowest BCUT2D eigenvalue weighted by atomic mass is 10.0. The van der Waals surface area contributed by atoms with Gasteiger partial charge < -0.3 is 5.11 Å². The SMILES string of the molecule is CC1CCCN(Cc2ccc(O)c(F)c2)CC1. The van der Waals surface area contributed by atoms with E-state index in [1.807, 2.05) is 0 Å². The van der Waals surface area contributed by atoms with E-state index in [4.69, 9.17) is 5.11 Å². The molecule has 0 amide bonds. The second-order valence-electron chi connectivity index (χ2n) is 5.10. The maximum Gasteiger partial charge on any atom is 0.165 e. The van der Waals surface area contributed by atoms with Gasteiger partial charge in [-0.25, -0.2) is 4.39 Å². The number of aromatic hydroxyl groups is 1.